The minimum absolute atomic E-state index is 0.00223. The maximum atomic E-state index is 13.3. The first-order valence-corrected chi connectivity index (χ1v) is 10.0. The molecule has 0 fully saturated rings. The summed E-state index contributed by atoms with van der Waals surface area (Å²) in [6.45, 7) is 0.00223. The monoisotopic (exact) mass is 469 g/mol. The summed E-state index contributed by atoms with van der Waals surface area (Å²) in [6, 6.07) is 14.9. The number of pyridine rings is 1. The number of benzene rings is 2. The van der Waals surface area contributed by atoms with Crippen molar-refractivity contribution in [2.75, 3.05) is 12.4 Å². The number of carbonyl (C=O) groups is 2. The second-order valence-corrected chi connectivity index (χ2v) is 7.23. The number of ether oxygens (including phenoxy) is 2. The normalized spacial score (nSPS) is 13.9. The number of rotatable bonds is 7. The van der Waals surface area contributed by atoms with E-state index in [-0.39, 0.29) is 23.5 Å². The number of carbonyl (C=O) groups excluding carboxylic acids is 2. The minimum atomic E-state index is -4.87. The molecule has 0 radical (unpaired) electrons. The Kier molecular flexibility index (Phi) is 6.22. The summed E-state index contributed by atoms with van der Waals surface area (Å²) >= 11 is 0. The van der Waals surface area contributed by atoms with Gasteiger partial charge in [0, 0.05) is 24.1 Å². The Hall–Kier alpha value is -4.34. The van der Waals surface area contributed by atoms with Crippen LogP contribution in [0.25, 0.3) is 5.57 Å². The quantitative estimate of drug-likeness (QED) is 0.518. The van der Waals surface area contributed by atoms with Gasteiger partial charge in [0.25, 0.3) is 11.8 Å². The zero-order chi connectivity index (χ0) is 24.3. The molecule has 2 heterocycles. The molecule has 2 amide bonds. The zero-order valence-corrected chi connectivity index (χ0v) is 17.8. The van der Waals surface area contributed by atoms with Crippen molar-refractivity contribution in [3.8, 4) is 11.5 Å². The lowest BCUT2D eigenvalue weighted by atomic mass is 10.0. The summed E-state index contributed by atoms with van der Waals surface area (Å²) in [6.07, 6.45) is -1.78. The molecule has 10 heteroatoms. The molecule has 0 spiro atoms. The van der Waals surface area contributed by atoms with Crippen LogP contribution in [0.3, 0.4) is 0 Å². The van der Waals surface area contributed by atoms with E-state index in [1.54, 1.807) is 48.8 Å². The van der Waals surface area contributed by atoms with Gasteiger partial charge in [-0.25, -0.2) is 0 Å². The van der Waals surface area contributed by atoms with Gasteiger partial charge in [0.1, 0.15) is 17.2 Å². The lowest BCUT2D eigenvalue weighted by Gasteiger charge is -2.15. The van der Waals surface area contributed by atoms with E-state index in [1.165, 1.54) is 19.2 Å². The number of alkyl halides is 3. The maximum Gasteiger partial charge on any atom is 0.573 e. The van der Waals surface area contributed by atoms with Crippen LogP contribution in [0.4, 0.5) is 18.9 Å². The van der Waals surface area contributed by atoms with E-state index in [2.05, 4.69) is 15.0 Å². The molecule has 0 atom stereocenters. The summed E-state index contributed by atoms with van der Waals surface area (Å²) < 4.78 is 47.0. The van der Waals surface area contributed by atoms with E-state index in [4.69, 9.17) is 4.74 Å². The summed E-state index contributed by atoms with van der Waals surface area (Å²) in [7, 11) is 1.50. The van der Waals surface area contributed by atoms with Crippen LogP contribution in [0.5, 0.6) is 11.5 Å². The summed E-state index contributed by atoms with van der Waals surface area (Å²) in [5.74, 6) is -1.07. The van der Waals surface area contributed by atoms with Crippen molar-refractivity contribution in [3.05, 3.63) is 89.9 Å². The molecule has 4 rings (SSSR count). The highest BCUT2D eigenvalue weighted by atomic mass is 19.4. The van der Waals surface area contributed by atoms with Gasteiger partial charge in [-0.05, 0) is 47.5 Å². The Labute approximate surface area is 192 Å². The third-order valence-corrected chi connectivity index (χ3v) is 4.97. The summed E-state index contributed by atoms with van der Waals surface area (Å²) in [5.41, 5.74) is 1.31. The fraction of sp³-hybridized carbons (Fsp3) is 0.125. The van der Waals surface area contributed by atoms with Crippen molar-refractivity contribution < 1.29 is 32.2 Å². The number of nitrogens with zero attached hydrogens (tertiary/aromatic N) is 2. The Morgan fingerprint density at radius 1 is 0.941 bits per heavy atom. The minimum Gasteiger partial charge on any atom is -0.497 e. The molecule has 0 aliphatic carbocycles. The van der Waals surface area contributed by atoms with Gasteiger partial charge in [-0.2, -0.15) is 0 Å². The number of hydrogen-bond acceptors (Lipinski definition) is 6. The van der Waals surface area contributed by atoms with Crippen LogP contribution in [0.1, 0.15) is 11.1 Å². The van der Waals surface area contributed by atoms with Crippen molar-refractivity contribution in [2.24, 2.45) is 0 Å². The molecule has 1 N–H and O–H groups in total. The molecule has 0 saturated carbocycles. The van der Waals surface area contributed by atoms with Gasteiger partial charge >= 0.3 is 6.36 Å². The topological polar surface area (TPSA) is 80.8 Å². The third kappa shape index (κ3) is 5.01. The number of halogens is 3. The van der Waals surface area contributed by atoms with Crippen LogP contribution in [0.15, 0.2) is 78.8 Å². The van der Waals surface area contributed by atoms with Crippen molar-refractivity contribution in [2.45, 2.75) is 12.9 Å². The molecule has 1 aliphatic rings. The average Bonchev–Trinajstić information content (AvgIpc) is 3.03. The molecule has 0 unspecified atom stereocenters. The fourth-order valence-corrected chi connectivity index (χ4v) is 3.45. The number of anilines is 1. The molecule has 0 bridgehead atoms. The van der Waals surface area contributed by atoms with Gasteiger partial charge < -0.3 is 14.8 Å². The number of aromatic nitrogens is 1. The van der Waals surface area contributed by atoms with Crippen LogP contribution in [-0.4, -0.2) is 35.2 Å². The van der Waals surface area contributed by atoms with Gasteiger partial charge in [0.05, 0.1) is 19.2 Å². The molecule has 0 saturated heterocycles. The van der Waals surface area contributed by atoms with E-state index < -0.39 is 23.9 Å². The standard InChI is InChI=1S/C24H18F3N3O4/c1-33-18-7-5-16(6-8-18)20-21(29-17-3-2-4-19(13-17)34-24(25,26)27)23(32)30(22(20)31)14-15-9-11-28-12-10-15/h2-13,29H,14H2,1H3. The van der Waals surface area contributed by atoms with Crippen molar-refractivity contribution >= 4 is 23.1 Å². The van der Waals surface area contributed by atoms with Gasteiger partial charge in [0.15, 0.2) is 0 Å². The average molecular weight is 469 g/mol. The molecule has 34 heavy (non-hydrogen) atoms. The first-order chi connectivity index (χ1) is 16.2. The SMILES string of the molecule is COc1ccc(C2=C(Nc3cccc(OC(F)(F)F)c3)C(=O)N(Cc3ccncc3)C2=O)cc1. The van der Waals surface area contributed by atoms with Crippen molar-refractivity contribution in [3.63, 3.8) is 0 Å². The smallest absolute Gasteiger partial charge is 0.497 e. The van der Waals surface area contributed by atoms with Gasteiger partial charge in [-0.3, -0.25) is 19.5 Å². The molecule has 3 aromatic rings. The predicted octanol–water partition coefficient (Wildman–Crippen LogP) is 4.38. The zero-order valence-electron chi connectivity index (χ0n) is 17.8. The molecule has 2 aromatic carbocycles. The highest BCUT2D eigenvalue weighted by Crippen LogP contribution is 2.33. The Bertz CT molecular complexity index is 1240. The number of imide groups is 1. The number of amides is 2. The van der Waals surface area contributed by atoms with Crippen molar-refractivity contribution in [1.82, 2.24) is 9.88 Å². The summed E-state index contributed by atoms with van der Waals surface area (Å²) in [5, 5.41) is 2.82. The lowest BCUT2D eigenvalue weighted by Crippen LogP contribution is -2.32. The van der Waals surface area contributed by atoms with Crippen LogP contribution in [-0.2, 0) is 16.1 Å². The Balaban J connectivity index is 1.71. The third-order valence-electron chi connectivity index (χ3n) is 4.97. The van der Waals surface area contributed by atoms with E-state index in [1.807, 2.05) is 0 Å². The van der Waals surface area contributed by atoms with E-state index in [9.17, 15) is 22.8 Å². The van der Waals surface area contributed by atoms with Crippen molar-refractivity contribution in [1.29, 1.82) is 0 Å². The Morgan fingerprint density at radius 3 is 2.29 bits per heavy atom. The number of hydrogen-bond donors (Lipinski definition) is 1. The largest absolute Gasteiger partial charge is 0.573 e. The van der Waals surface area contributed by atoms with Gasteiger partial charge in [-0.15, -0.1) is 13.2 Å². The first-order valence-electron chi connectivity index (χ1n) is 10.0. The second-order valence-electron chi connectivity index (χ2n) is 7.23. The molecule has 1 aromatic heterocycles. The van der Waals surface area contributed by atoms with Crippen LogP contribution < -0.4 is 14.8 Å². The van der Waals surface area contributed by atoms with Crippen LogP contribution in [0, 0.1) is 0 Å². The number of methoxy groups -OCH3 is 1. The molecular weight excluding hydrogens is 451 g/mol. The lowest BCUT2D eigenvalue weighted by molar-refractivity contribution is -0.274. The molecule has 174 valence electrons. The number of nitrogens with one attached hydrogen (secondary N) is 1. The fourth-order valence-electron chi connectivity index (χ4n) is 3.45. The van der Waals surface area contributed by atoms with Gasteiger partial charge in [0.2, 0.25) is 0 Å². The molecular formula is C24H18F3N3O4. The van der Waals surface area contributed by atoms with Crippen LogP contribution >= 0.6 is 0 Å². The highest BCUT2D eigenvalue weighted by Gasteiger charge is 2.39. The first kappa shape index (κ1) is 22.8. The van der Waals surface area contributed by atoms with E-state index >= 15 is 0 Å². The van der Waals surface area contributed by atoms with E-state index in [0.717, 1.165) is 17.0 Å². The Morgan fingerprint density at radius 2 is 1.65 bits per heavy atom. The molecule has 7 nitrogen and oxygen atoms in total. The maximum absolute atomic E-state index is 13.3. The summed E-state index contributed by atoms with van der Waals surface area (Å²) in [4.78, 5) is 31.6. The predicted molar refractivity (Wildman–Crippen MR) is 116 cm³/mol. The second kappa shape index (κ2) is 9.26. The van der Waals surface area contributed by atoms with Gasteiger partial charge in [-0.1, -0.05) is 18.2 Å². The van der Waals surface area contributed by atoms with Crippen LogP contribution in [0.2, 0.25) is 0 Å². The highest BCUT2D eigenvalue weighted by molar-refractivity contribution is 6.36. The van der Waals surface area contributed by atoms with E-state index in [0.29, 0.717) is 16.9 Å². The molecule has 1 aliphatic heterocycles.